The molecule has 0 bridgehead atoms. The topological polar surface area (TPSA) is 76.3 Å². The van der Waals surface area contributed by atoms with Crippen molar-refractivity contribution in [2.75, 3.05) is 24.5 Å². The number of amides is 1. The number of allylic oxidation sites excluding steroid dienone is 1. The zero-order valence-electron chi connectivity index (χ0n) is 16.4. The van der Waals surface area contributed by atoms with Gasteiger partial charge in [0.05, 0.1) is 5.92 Å². The Hall–Kier alpha value is -2.31. The Morgan fingerprint density at radius 3 is 2.74 bits per heavy atom. The second kappa shape index (κ2) is 8.59. The van der Waals surface area contributed by atoms with E-state index in [1.54, 1.807) is 7.05 Å². The molecule has 1 aromatic rings. The van der Waals surface area contributed by atoms with Crippen molar-refractivity contribution in [3.8, 4) is 0 Å². The molecule has 1 saturated heterocycles. The minimum absolute atomic E-state index is 0.0740. The van der Waals surface area contributed by atoms with Crippen LogP contribution in [0, 0.1) is 5.92 Å². The van der Waals surface area contributed by atoms with Crippen LogP contribution in [0.3, 0.4) is 0 Å². The summed E-state index contributed by atoms with van der Waals surface area (Å²) in [6.07, 6.45) is 9.81. The van der Waals surface area contributed by atoms with Gasteiger partial charge in [-0.05, 0) is 44.9 Å². The Labute approximate surface area is 159 Å². The van der Waals surface area contributed by atoms with Gasteiger partial charge in [0.15, 0.2) is 0 Å². The van der Waals surface area contributed by atoms with Crippen LogP contribution in [-0.4, -0.2) is 34.7 Å². The number of carbonyl (C=O) groups is 1. The number of anilines is 1. The van der Waals surface area contributed by atoms with Crippen LogP contribution in [0.15, 0.2) is 27.3 Å². The van der Waals surface area contributed by atoms with Crippen LogP contribution in [0.2, 0.25) is 0 Å². The third-order valence-electron chi connectivity index (χ3n) is 5.75. The summed E-state index contributed by atoms with van der Waals surface area (Å²) >= 11 is 0. The summed E-state index contributed by atoms with van der Waals surface area (Å²) in [6.45, 7) is 1.97. The Balaban J connectivity index is 1.60. The summed E-state index contributed by atoms with van der Waals surface area (Å²) < 4.78 is 2.58. The predicted octanol–water partition coefficient (Wildman–Crippen LogP) is 1.31. The van der Waals surface area contributed by atoms with Crippen molar-refractivity contribution in [1.29, 1.82) is 0 Å². The lowest BCUT2D eigenvalue weighted by atomic mass is 9.96. The average molecular weight is 374 g/mol. The van der Waals surface area contributed by atoms with Crippen LogP contribution >= 0.6 is 0 Å². The highest BCUT2D eigenvalue weighted by Crippen LogP contribution is 2.22. The largest absolute Gasteiger partial charge is 0.357 e. The molecule has 0 unspecified atom stereocenters. The lowest BCUT2D eigenvalue weighted by Gasteiger charge is -2.34. The predicted molar refractivity (Wildman–Crippen MR) is 106 cm³/mol. The van der Waals surface area contributed by atoms with E-state index in [0.29, 0.717) is 18.9 Å². The average Bonchev–Trinajstić information content (AvgIpc) is 2.70. The first-order valence-corrected chi connectivity index (χ1v) is 9.95. The monoisotopic (exact) mass is 374 g/mol. The van der Waals surface area contributed by atoms with Crippen molar-refractivity contribution in [1.82, 2.24) is 14.5 Å². The summed E-state index contributed by atoms with van der Waals surface area (Å²) in [7, 11) is 3.14. The van der Waals surface area contributed by atoms with Gasteiger partial charge in [-0.1, -0.05) is 11.6 Å². The molecule has 0 aromatic carbocycles. The maximum absolute atomic E-state index is 12.6. The van der Waals surface area contributed by atoms with Crippen LogP contribution in [0.5, 0.6) is 0 Å². The molecule has 7 nitrogen and oxygen atoms in total. The highest BCUT2D eigenvalue weighted by molar-refractivity contribution is 5.79. The van der Waals surface area contributed by atoms with Gasteiger partial charge < -0.3 is 10.2 Å². The number of aromatic nitrogens is 2. The number of piperidine rings is 1. The van der Waals surface area contributed by atoms with Gasteiger partial charge in [-0.2, -0.15) is 0 Å². The SMILES string of the molecule is Cn1c(N2CCC[C@@H](C(=O)NCCC3=CCCCC3)C2)cc(=O)n(C)c1=O. The molecule has 2 aliphatic rings. The van der Waals surface area contributed by atoms with Crippen LogP contribution in [0.25, 0.3) is 0 Å². The van der Waals surface area contributed by atoms with E-state index >= 15 is 0 Å². The summed E-state index contributed by atoms with van der Waals surface area (Å²) in [6, 6.07) is 1.48. The first kappa shape index (κ1) is 19.5. The molecule has 1 amide bonds. The fourth-order valence-corrected chi connectivity index (χ4v) is 4.05. The van der Waals surface area contributed by atoms with Crippen molar-refractivity contribution >= 4 is 11.7 Å². The molecule has 1 fully saturated rings. The molecule has 27 heavy (non-hydrogen) atoms. The Bertz CT molecular complexity index is 837. The highest BCUT2D eigenvalue weighted by atomic mass is 16.2. The number of carbonyl (C=O) groups excluding carboxylic acids is 1. The Kier molecular flexibility index (Phi) is 6.19. The number of nitrogens with one attached hydrogen (secondary N) is 1. The molecule has 148 valence electrons. The molecule has 0 spiro atoms. The molecule has 1 aliphatic heterocycles. The van der Waals surface area contributed by atoms with Crippen molar-refractivity contribution in [2.45, 2.75) is 44.9 Å². The maximum atomic E-state index is 12.6. The molecular formula is C20H30N4O3. The Morgan fingerprint density at radius 1 is 1.19 bits per heavy atom. The summed E-state index contributed by atoms with van der Waals surface area (Å²) in [5.41, 5.74) is 0.798. The molecule has 7 heteroatoms. The smallest absolute Gasteiger partial charge is 0.332 e. The van der Waals surface area contributed by atoms with Gasteiger partial charge in [0, 0.05) is 39.8 Å². The standard InChI is InChI=1S/C20H30N4O3/c1-22-17(13-18(25)23(2)20(22)27)24-12-6-9-16(14-24)19(26)21-11-10-15-7-4-3-5-8-15/h7,13,16H,3-6,8-12,14H2,1-2H3,(H,21,26)/t16-/m1/s1. The molecular weight excluding hydrogens is 344 g/mol. The lowest BCUT2D eigenvalue weighted by molar-refractivity contribution is -0.125. The van der Waals surface area contributed by atoms with Crippen molar-refractivity contribution in [3.05, 3.63) is 38.6 Å². The highest BCUT2D eigenvalue weighted by Gasteiger charge is 2.27. The lowest BCUT2D eigenvalue weighted by Crippen LogP contribution is -2.46. The van der Waals surface area contributed by atoms with Crippen LogP contribution in [-0.2, 0) is 18.9 Å². The zero-order valence-corrected chi connectivity index (χ0v) is 16.4. The fourth-order valence-electron chi connectivity index (χ4n) is 4.05. The van der Waals surface area contributed by atoms with Crippen LogP contribution in [0.1, 0.15) is 44.9 Å². The molecule has 3 rings (SSSR count). The van der Waals surface area contributed by atoms with E-state index in [4.69, 9.17) is 0 Å². The van der Waals surface area contributed by atoms with Gasteiger partial charge in [-0.15, -0.1) is 0 Å². The van der Waals surface area contributed by atoms with Crippen molar-refractivity contribution in [3.63, 3.8) is 0 Å². The molecule has 1 N–H and O–H groups in total. The van der Waals surface area contributed by atoms with E-state index in [2.05, 4.69) is 11.4 Å². The van der Waals surface area contributed by atoms with Crippen LogP contribution in [0.4, 0.5) is 5.82 Å². The molecule has 0 radical (unpaired) electrons. The van der Waals surface area contributed by atoms with E-state index in [9.17, 15) is 14.4 Å². The minimum Gasteiger partial charge on any atom is -0.357 e. The first-order chi connectivity index (χ1) is 13.0. The van der Waals surface area contributed by atoms with E-state index < -0.39 is 0 Å². The van der Waals surface area contributed by atoms with Gasteiger partial charge in [0.1, 0.15) is 5.82 Å². The third kappa shape index (κ3) is 4.51. The zero-order chi connectivity index (χ0) is 19.4. The molecule has 1 atom stereocenters. The van der Waals surface area contributed by atoms with Gasteiger partial charge in [0.25, 0.3) is 5.56 Å². The van der Waals surface area contributed by atoms with E-state index in [1.165, 1.54) is 36.1 Å². The van der Waals surface area contributed by atoms with Gasteiger partial charge in [-0.25, -0.2) is 4.79 Å². The quantitative estimate of drug-likeness (QED) is 0.789. The number of nitrogens with zero attached hydrogens (tertiary/aromatic N) is 3. The molecule has 1 aromatic heterocycles. The molecule has 1 aliphatic carbocycles. The Morgan fingerprint density at radius 2 is 2.00 bits per heavy atom. The normalized spacial score (nSPS) is 20.3. The van der Waals surface area contributed by atoms with Gasteiger partial charge in [0.2, 0.25) is 5.91 Å². The summed E-state index contributed by atoms with van der Waals surface area (Å²) in [5, 5.41) is 3.08. The molecule has 2 heterocycles. The first-order valence-electron chi connectivity index (χ1n) is 9.95. The number of rotatable bonds is 5. The molecule has 0 saturated carbocycles. The summed E-state index contributed by atoms with van der Waals surface area (Å²) in [5.74, 6) is 0.552. The van der Waals surface area contributed by atoms with E-state index in [0.717, 1.165) is 43.2 Å². The minimum atomic E-state index is -0.343. The second-order valence-corrected chi connectivity index (χ2v) is 7.68. The second-order valence-electron chi connectivity index (χ2n) is 7.68. The maximum Gasteiger partial charge on any atom is 0.332 e. The third-order valence-corrected chi connectivity index (χ3v) is 5.75. The van der Waals surface area contributed by atoms with Gasteiger partial charge >= 0.3 is 5.69 Å². The van der Waals surface area contributed by atoms with Crippen LogP contribution < -0.4 is 21.5 Å². The van der Waals surface area contributed by atoms with Crippen molar-refractivity contribution < 1.29 is 4.79 Å². The van der Waals surface area contributed by atoms with Gasteiger partial charge in [-0.3, -0.25) is 18.7 Å². The van der Waals surface area contributed by atoms with Crippen molar-refractivity contribution in [2.24, 2.45) is 20.0 Å². The number of hydrogen-bond donors (Lipinski definition) is 1. The number of hydrogen-bond acceptors (Lipinski definition) is 4. The van der Waals surface area contributed by atoms with E-state index in [-0.39, 0.29) is 23.1 Å². The van der Waals surface area contributed by atoms with E-state index in [1.807, 2.05) is 4.90 Å². The fraction of sp³-hybridized carbons (Fsp3) is 0.650. The summed E-state index contributed by atoms with van der Waals surface area (Å²) in [4.78, 5) is 38.8.